The van der Waals surface area contributed by atoms with Crippen LogP contribution in [0.4, 0.5) is 11.4 Å². The van der Waals surface area contributed by atoms with Crippen LogP contribution in [0.5, 0.6) is 0 Å². The third-order valence-corrected chi connectivity index (χ3v) is 13.5. The summed E-state index contributed by atoms with van der Waals surface area (Å²) in [5.41, 5.74) is 15.1. The molecule has 1 N–H and O–H groups in total. The van der Waals surface area contributed by atoms with E-state index in [0.717, 1.165) is 77.5 Å². The number of hydrogen-bond donors (Lipinski definition) is 1. The molecule has 12 aromatic rings. The summed E-state index contributed by atoms with van der Waals surface area (Å²) in [6, 6.07) is 52.9. The number of rotatable bonds is 3. The van der Waals surface area contributed by atoms with Gasteiger partial charge in [-0.2, -0.15) is 0 Å². The quantitative estimate of drug-likeness (QED) is 0.182. The Morgan fingerprint density at radius 3 is 1.98 bits per heavy atom. The van der Waals surface area contributed by atoms with Gasteiger partial charge in [0.15, 0.2) is 7.28 Å². The average Bonchev–Trinajstić information content (AvgIpc) is 3.98. The summed E-state index contributed by atoms with van der Waals surface area (Å²) in [5, 5.41) is 13.4. The topological polar surface area (TPSA) is 43.2 Å². The number of thiophene rings is 1. The third kappa shape index (κ3) is 4.52. The van der Waals surface area contributed by atoms with Crippen LogP contribution < -0.4 is 16.2 Å². The minimum atomic E-state index is 0.0652. The van der Waals surface area contributed by atoms with Crippen molar-refractivity contribution in [2.75, 3.05) is 5.32 Å². The van der Waals surface area contributed by atoms with Gasteiger partial charge in [0.2, 0.25) is 0 Å². The van der Waals surface area contributed by atoms with Crippen molar-refractivity contribution in [1.29, 1.82) is 0 Å². The Bertz CT molecular complexity index is 3720. The van der Waals surface area contributed by atoms with E-state index in [-0.39, 0.29) is 5.41 Å². The van der Waals surface area contributed by atoms with Gasteiger partial charge in [-0.15, -0.1) is 11.3 Å². The summed E-state index contributed by atoms with van der Waals surface area (Å²) >= 11 is 1.87. The fourth-order valence-corrected chi connectivity index (χ4v) is 10.7. The van der Waals surface area contributed by atoms with Crippen LogP contribution in [0.1, 0.15) is 26.3 Å². The number of nitrogens with one attached hydrogen (secondary N) is 1. The minimum absolute atomic E-state index is 0.0652. The second-order valence-electron chi connectivity index (χ2n) is 16.8. The second-order valence-corrected chi connectivity index (χ2v) is 17.9. The number of anilines is 2. The highest BCUT2D eigenvalue weighted by atomic mass is 32.1. The molecule has 8 aromatic carbocycles. The standard InChI is InChI=1S/C52H34BN2O2S/c1-52(2,3)28-16-18-29(19-17-28)54-41-27-47-37(30-10-4-7-13-44(30)57-47)22-35(41)33-20-21-34-36-25-49-39(32-12-6-9-15-48(32)58-49)24-42(36)55-43-23-38-31-11-5-8-14-45(31)56-46(38)26-40(43)53-50(33)51(34)55/h4-27,54H,1-3H3. The lowest BCUT2D eigenvalue weighted by Crippen LogP contribution is -2.37. The van der Waals surface area contributed by atoms with Crippen LogP contribution in [0, 0.1) is 0 Å². The van der Waals surface area contributed by atoms with Crippen molar-refractivity contribution in [2.45, 2.75) is 26.2 Å². The first-order valence-electron chi connectivity index (χ1n) is 19.9. The maximum atomic E-state index is 6.51. The molecule has 0 saturated carbocycles. The fourth-order valence-electron chi connectivity index (χ4n) is 9.53. The van der Waals surface area contributed by atoms with Crippen molar-refractivity contribution in [3.05, 3.63) is 151 Å². The van der Waals surface area contributed by atoms with Crippen LogP contribution in [-0.2, 0) is 5.41 Å². The molecule has 0 fully saturated rings. The van der Waals surface area contributed by atoms with E-state index in [1.54, 1.807) is 0 Å². The van der Waals surface area contributed by atoms with Gasteiger partial charge in [0.25, 0.3) is 0 Å². The van der Waals surface area contributed by atoms with E-state index < -0.39 is 0 Å². The molecule has 0 saturated heterocycles. The number of hydrogen-bond acceptors (Lipinski definition) is 4. The highest BCUT2D eigenvalue weighted by molar-refractivity contribution is 7.25. The lowest BCUT2D eigenvalue weighted by atomic mass is 9.59. The van der Waals surface area contributed by atoms with Gasteiger partial charge in [0, 0.05) is 81.0 Å². The molecule has 4 nitrogen and oxygen atoms in total. The second kappa shape index (κ2) is 11.4. The van der Waals surface area contributed by atoms with E-state index in [1.165, 1.54) is 53.0 Å². The van der Waals surface area contributed by atoms with Crippen LogP contribution >= 0.6 is 11.3 Å². The zero-order valence-electron chi connectivity index (χ0n) is 32.1. The molecule has 0 bridgehead atoms. The van der Waals surface area contributed by atoms with Gasteiger partial charge >= 0.3 is 0 Å². The first-order valence-corrected chi connectivity index (χ1v) is 20.7. The number of nitrogens with zero attached hydrogens (tertiary/aromatic N) is 1. The molecular formula is C52H34BN2O2S. The zero-order valence-corrected chi connectivity index (χ0v) is 32.9. The number of furan rings is 2. The first-order chi connectivity index (χ1) is 28.3. The van der Waals surface area contributed by atoms with Gasteiger partial charge in [-0.1, -0.05) is 105 Å². The summed E-state index contributed by atoms with van der Waals surface area (Å²) in [6.45, 7) is 6.76. The van der Waals surface area contributed by atoms with Gasteiger partial charge in [0.1, 0.15) is 22.3 Å². The molecule has 0 spiro atoms. The van der Waals surface area contributed by atoms with Gasteiger partial charge in [-0.25, -0.2) is 0 Å². The van der Waals surface area contributed by atoms with Crippen molar-refractivity contribution in [3.63, 3.8) is 0 Å². The van der Waals surface area contributed by atoms with Crippen LogP contribution in [-0.4, -0.2) is 11.8 Å². The van der Waals surface area contributed by atoms with Gasteiger partial charge in [-0.3, -0.25) is 0 Å². The van der Waals surface area contributed by atoms with Crippen LogP contribution in [0.3, 0.4) is 0 Å². The Morgan fingerprint density at radius 2 is 1.22 bits per heavy atom. The Labute approximate surface area is 338 Å². The van der Waals surface area contributed by atoms with E-state index in [4.69, 9.17) is 8.83 Å². The third-order valence-electron chi connectivity index (χ3n) is 12.4. The van der Waals surface area contributed by atoms with Crippen molar-refractivity contribution < 1.29 is 8.83 Å². The number of aromatic nitrogens is 1. The number of fused-ring (bicyclic) bond motifs is 14. The fraction of sp³-hybridized carbons (Fsp3) is 0.0769. The minimum Gasteiger partial charge on any atom is -0.456 e. The molecule has 5 heterocycles. The smallest absolute Gasteiger partial charge is 0.198 e. The molecule has 13 rings (SSSR count). The maximum Gasteiger partial charge on any atom is 0.198 e. The summed E-state index contributed by atoms with van der Waals surface area (Å²) in [6.07, 6.45) is 0. The van der Waals surface area contributed by atoms with Crippen molar-refractivity contribution >= 4 is 127 Å². The van der Waals surface area contributed by atoms with Crippen LogP contribution in [0.25, 0.3) is 103 Å². The molecule has 0 atom stereocenters. The molecule has 4 aromatic heterocycles. The largest absolute Gasteiger partial charge is 0.456 e. The van der Waals surface area contributed by atoms with E-state index in [0.29, 0.717) is 0 Å². The molecule has 0 unspecified atom stereocenters. The molecule has 1 radical (unpaired) electrons. The maximum absolute atomic E-state index is 6.51. The van der Waals surface area contributed by atoms with E-state index in [1.807, 2.05) is 23.5 Å². The van der Waals surface area contributed by atoms with E-state index in [9.17, 15) is 0 Å². The average molecular weight is 762 g/mol. The van der Waals surface area contributed by atoms with Crippen molar-refractivity contribution in [2.24, 2.45) is 0 Å². The summed E-state index contributed by atoms with van der Waals surface area (Å²) in [4.78, 5) is 0. The van der Waals surface area contributed by atoms with Crippen LogP contribution in [0.2, 0.25) is 0 Å². The molecule has 58 heavy (non-hydrogen) atoms. The predicted octanol–water partition coefficient (Wildman–Crippen LogP) is 13.6. The summed E-state index contributed by atoms with van der Waals surface area (Å²) in [7, 11) is 2.38. The highest BCUT2D eigenvalue weighted by Gasteiger charge is 2.29. The monoisotopic (exact) mass is 761 g/mol. The van der Waals surface area contributed by atoms with Crippen LogP contribution in [0.15, 0.2) is 154 Å². The number of benzene rings is 8. The lowest BCUT2D eigenvalue weighted by molar-refractivity contribution is 0.590. The Hall–Kier alpha value is -6.76. The molecule has 273 valence electrons. The summed E-state index contributed by atoms with van der Waals surface area (Å²) in [5.74, 6) is 0. The predicted molar refractivity (Wildman–Crippen MR) is 247 cm³/mol. The van der Waals surface area contributed by atoms with E-state index in [2.05, 4.69) is 171 Å². The normalized spacial score (nSPS) is 12.9. The molecule has 0 aliphatic carbocycles. The molecule has 6 heteroatoms. The highest BCUT2D eigenvalue weighted by Crippen LogP contribution is 2.44. The van der Waals surface area contributed by atoms with Gasteiger partial charge < -0.3 is 18.7 Å². The zero-order chi connectivity index (χ0) is 38.4. The van der Waals surface area contributed by atoms with Gasteiger partial charge in [-0.05, 0) is 82.7 Å². The summed E-state index contributed by atoms with van der Waals surface area (Å²) < 4.78 is 18.1. The van der Waals surface area contributed by atoms with Gasteiger partial charge in [0.05, 0.1) is 11.2 Å². The Kier molecular flexibility index (Phi) is 6.37. The van der Waals surface area contributed by atoms with E-state index >= 15 is 0 Å². The lowest BCUT2D eigenvalue weighted by Gasteiger charge is -2.24. The molecule has 0 amide bonds. The SMILES string of the molecule is CC(C)(C)c1ccc(Nc2cc3oc4ccccc4c3cc2-c2ccc3c4cc5sc6ccccc6c5cc4n4c3c2[B]c2cc3oc5ccccc5c3cc2-4)cc1. The molecule has 1 aliphatic rings. The van der Waals surface area contributed by atoms with Crippen molar-refractivity contribution in [1.82, 2.24) is 4.57 Å². The number of para-hydroxylation sites is 2. The Balaban J connectivity index is 1.12. The molecular weight excluding hydrogens is 727 g/mol. The first kappa shape index (κ1) is 32.3. The molecule has 1 aliphatic heterocycles. The van der Waals surface area contributed by atoms with Crippen molar-refractivity contribution in [3.8, 4) is 16.8 Å². The Morgan fingerprint density at radius 1 is 0.534 bits per heavy atom.